The first-order valence-electron chi connectivity index (χ1n) is 5.09. The van der Waals surface area contributed by atoms with E-state index in [-0.39, 0.29) is 6.61 Å². The number of aliphatic hydroxyl groups is 2. The largest absolute Gasteiger partial charge is 0.396 e. The second-order valence-electron chi connectivity index (χ2n) is 3.88. The van der Waals surface area contributed by atoms with E-state index in [0.29, 0.717) is 12.2 Å². The van der Waals surface area contributed by atoms with Gasteiger partial charge in [-0.1, -0.05) is 0 Å². The van der Waals surface area contributed by atoms with Gasteiger partial charge >= 0.3 is 0 Å². The molecule has 0 unspecified atom stereocenters. The van der Waals surface area contributed by atoms with Crippen LogP contribution in [0.15, 0.2) is 12.5 Å². The van der Waals surface area contributed by atoms with E-state index in [4.69, 9.17) is 5.11 Å². The summed E-state index contributed by atoms with van der Waals surface area (Å²) < 4.78 is 13.6. The Morgan fingerprint density at radius 1 is 1.62 bits per heavy atom. The van der Waals surface area contributed by atoms with Crippen molar-refractivity contribution in [3.63, 3.8) is 0 Å². The highest BCUT2D eigenvalue weighted by Gasteiger charge is 2.42. The average Bonchev–Trinajstić information content (AvgIpc) is 2.58. The standard InChI is InChI=1S/C10H13FN3O2/c11-9-7(3-6(4-15)10(9)16)14-8-1-2-12-5-13-8/h2,5-7,9-10,15-16H,3-4H2,(H,12,13,14)/t6-,7-,9-,10-/m1/s1. The molecule has 0 bridgehead atoms. The minimum atomic E-state index is -1.40. The number of alkyl halides is 1. The van der Waals surface area contributed by atoms with Crippen LogP contribution in [0.2, 0.25) is 0 Å². The maximum absolute atomic E-state index is 13.6. The zero-order chi connectivity index (χ0) is 11.5. The van der Waals surface area contributed by atoms with E-state index < -0.39 is 24.2 Å². The third kappa shape index (κ3) is 2.12. The summed E-state index contributed by atoms with van der Waals surface area (Å²) in [6.45, 7) is -0.215. The molecule has 1 aromatic rings. The molecule has 16 heavy (non-hydrogen) atoms. The lowest BCUT2D eigenvalue weighted by atomic mass is 10.1. The van der Waals surface area contributed by atoms with Gasteiger partial charge in [0.15, 0.2) is 0 Å². The molecule has 0 saturated heterocycles. The van der Waals surface area contributed by atoms with Crippen LogP contribution in [0, 0.1) is 12.0 Å². The number of rotatable bonds is 3. The molecule has 0 spiro atoms. The van der Waals surface area contributed by atoms with Gasteiger partial charge in [0.1, 0.15) is 18.3 Å². The van der Waals surface area contributed by atoms with Crippen molar-refractivity contribution in [3.8, 4) is 0 Å². The van der Waals surface area contributed by atoms with Gasteiger partial charge in [-0.25, -0.2) is 14.4 Å². The summed E-state index contributed by atoms with van der Waals surface area (Å²) in [5.41, 5.74) is 0. The number of anilines is 1. The Morgan fingerprint density at radius 2 is 2.44 bits per heavy atom. The van der Waals surface area contributed by atoms with Crippen molar-refractivity contribution in [1.82, 2.24) is 9.97 Å². The third-order valence-corrected chi connectivity index (χ3v) is 2.84. The van der Waals surface area contributed by atoms with E-state index in [1.807, 2.05) is 0 Å². The number of aliphatic hydroxyl groups excluding tert-OH is 2. The van der Waals surface area contributed by atoms with Gasteiger partial charge in [0.25, 0.3) is 0 Å². The van der Waals surface area contributed by atoms with Crippen molar-refractivity contribution in [2.24, 2.45) is 5.92 Å². The number of hydrogen-bond donors (Lipinski definition) is 3. The molecule has 1 aliphatic rings. The fourth-order valence-corrected chi connectivity index (χ4v) is 1.93. The fourth-order valence-electron chi connectivity index (χ4n) is 1.93. The van der Waals surface area contributed by atoms with Gasteiger partial charge in [-0.2, -0.15) is 0 Å². The van der Waals surface area contributed by atoms with E-state index in [1.54, 1.807) is 0 Å². The monoisotopic (exact) mass is 226 g/mol. The van der Waals surface area contributed by atoms with E-state index in [1.165, 1.54) is 12.5 Å². The number of aromatic nitrogens is 2. The molecular formula is C10H13FN3O2. The summed E-state index contributed by atoms with van der Waals surface area (Å²) in [4.78, 5) is 7.56. The number of hydrogen-bond acceptors (Lipinski definition) is 5. The van der Waals surface area contributed by atoms with Gasteiger partial charge in [-0.15, -0.1) is 0 Å². The van der Waals surface area contributed by atoms with E-state index >= 15 is 0 Å². The van der Waals surface area contributed by atoms with Crippen LogP contribution >= 0.6 is 0 Å². The Bertz CT molecular complexity index is 338. The molecule has 1 radical (unpaired) electrons. The number of nitrogens with zero attached hydrogens (tertiary/aromatic N) is 2. The summed E-state index contributed by atoms with van der Waals surface area (Å²) in [5.74, 6) is -0.0252. The van der Waals surface area contributed by atoms with Gasteiger partial charge in [0, 0.05) is 24.8 Å². The summed E-state index contributed by atoms with van der Waals surface area (Å²) in [7, 11) is 0. The minimum Gasteiger partial charge on any atom is -0.396 e. The van der Waals surface area contributed by atoms with Gasteiger partial charge in [-0.3, -0.25) is 0 Å². The molecule has 6 heteroatoms. The molecule has 0 amide bonds. The Hall–Kier alpha value is -1.27. The van der Waals surface area contributed by atoms with Crippen LogP contribution < -0.4 is 5.32 Å². The summed E-state index contributed by atoms with van der Waals surface area (Å²) >= 11 is 0. The van der Waals surface area contributed by atoms with Crippen molar-refractivity contribution in [3.05, 3.63) is 18.6 Å². The normalized spacial score (nSPS) is 33.9. The van der Waals surface area contributed by atoms with Crippen LogP contribution in [-0.4, -0.2) is 45.1 Å². The van der Waals surface area contributed by atoms with E-state index in [2.05, 4.69) is 21.4 Å². The molecule has 1 aromatic heterocycles. The molecule has 87 valence electrons. The molecule has 1 saturated carbocycles. The Labute approximate surface area is 92.4 Å². The third-order valence-electron chi connectivity index (χ3n) is 2.84. The molecule has 1 fully saturated rings. The quantitative estimate of drug-likeness (QED) is 0.663. The first-order chi connectivity index (χ1) is 7.72. The molecule has 2 rings (SSSR count). The maximum Gasteiger partial charge on any atom is 0.146 e. The van der Waals surface area contributed by atoms with Crippen LogP contribution in [0.1, 0.15) is 6.42 Å². The summed E-state index contributed by atoms with van der Waals surface area (Å²) in [5, 5.41) is 21.3. The molecular weight excluding hydrogens is 213 g/mol. The van der Waals surface area contributed by atoms with Crippen molar-refractivity contribution < 1.29 is 14.6 Å². The van der Waals surface area contributed by atoms with Crippen molar-refractivity contribution >= 4 is 5.82 Å². The molecule has 3 N–H and O–H groups in total. The van der Waals surface area contributed by atoms with Gasteiger partial charge < -0.3 is 15.5 Å². The summed E-state index contributed by atoms with van der Waals surface area (Å²) in [6, 6.07) is 2.18. The Balaban J connectivity index is 2.01. The molecule has 0 aromatic carbocycles. The zero-order valence-electron chi connectivity index (χ0n) is 8.55. The fraction of sp³-hybridized carbons (Fsp3) is 0.600. The van der Waals surface area contributed by atoms with Crippen LogP contribution in [0.25, 0.3) is 0 Å². The summed E-state index contributed by atoms with van der Waals surface area (Å²) in [6.07, 6.45) is 0.611. The second kappa shape index (κ2) is 4.71. The minimum absolute atomic E-state index is 0.215. The SMILES string of the molecule is OC[C@H]1C[C@@H](Nc2[c]cncn2)[C@@H](F)[C@@H]1O. The van der Waals surface area contributed by atoms with Crippen LogP contribution in [0.5, 0.6) is 0 Å². The van der Waals surface area contributed by atoms with Crippen molar-refractivity contribution in [1.29, 1.82) is 0 Å². The molecule has 1 heterocycles. The van der Waals surface area contributed by atoms with E-state index in [0.717, 1.165) is 0 Å². The highest BCUT2D eigenvalue weighted by atomic mass is 19.1. The highest BCUT2D eigenvalue weighted by molar-refractivity contribution is 5.33. The maximum atomic E-state index is 13.6. The number of nitrogens with one attached hydrogen (secondary N) is 1. The second-order valence-corrected chi connectivity index (χ2v) is 3.88. The topological polar surface area (TPSA) is 78.3 Å². The lowest BCUT2D eigenvalue weighted by Crippen LogP contribution is -2.32. The van der Waals surface area contributed by atoms with Crippen molar-refractivity contribution in [2.75, 3.05) is 11.9 Å². The molecule has 4 atom stereocenters. The first kappa shape index (κ1) is 11.2. The average molecular weight is 226 g/mol. The zero-order valence-corrected chi connectivity index (χ0v) is 8.55. The molecule has 0 aliphatic heterocycles. The lowest BCUT2D eigenvalue weighted by Gasteiger charge is -2.15. The van der Waals surface area contributed by atoms with Crippen LogP contribution in [0.3, 0.4) is 0 Å². The van der Waals surface area contributed by atoms with Crippen molar-refractivity contribution in [2.45, 2.75) is 24.7 Å². The Morgan fingerprint density at radius 3 is 3.00 bits per heavy atom. The first-order valence-corrected chi connectivity index (χ1v) is 5.09. The predicted octanol–water partition coefficient (Wildman–Crippen LogP) is -0.232. The van der Waals surface area contributed by atoms with Crippen LogP contribution in [-0.2, 0) is 0 Å². The number of halogens is 1. The van der Waals surface area contributed by atoms with Crippen LogP contribution in [0.4, 0.5) is 10.2 Å². The highest BCUT2D eigenvalue weighted by Crippen LogP contribution is 2.30. The smallest absolute Gasteiger partial charge is 0.146 e. The predicted molar refractivity (Wildman–Crippen MR) is 54.4 cm³/mol. The molecule has 5 nitrogen and oxygen atoms in total. The Kier molecular flexibility index (Phi) is 3.31. The van der Waals surface area contributed by atoms with Gasteiger partial charge in [0.05, 0.1) is 12.1 Å². The lowest BCUT2D eigenvalue weighted by molar-refractivity contribution is 0.0444. The van der Waals surface area contributed by atoms with Gasteiger partial charge in [0.2, 0.25) is 0 Å². The molecule has 1 aliphatic carbocycles. The van der Waals surface area contributed by atoms with Gasteiger partial charge in [-0.05, 0) is 6.42 Å². The van der Waals surface area contributed by atoms with E-state index in [9.17, 15) is 9.50 Å².